The first-order chi connectivity index (χ1) is 10.3. The number of rotatable bonds is 5. The minimum absolute atomic E-state index is 0.290. The summed E-state index contributed by atoms with van der Waals surface area (Å²) in [5.74, 6) is 2.47. The number of aryl methyl sites for hydroxylation is 1. The Hall–Kier alpha value is -2.20. The highest BCUT2D eigenvalue weighted by atomic mass is 16.7. The lowest BCUT2D eigenvalue weighted by molar-refractivity contribution is 0.174. The van der Waals surface area contributed by atoms with Crippen molar-refractivity contribution in [2.24, 2.45) is 0 Å². The summed E-state index contributed by atoms with van der Waals surface area (Å²) >= 11 is 0. The summed E-state index contributed by atoms with van der Waals surface area (Å²) in [6.07, 6.45) is 0. The highest BCUT2D eigenvalue weighted by Gasteiger charge is 2.15. The van der Waals surface area contributed by atoms with Crippen molar-refractivity contribution in [3.8, 4) is 28.4 Å². The van der Waals surface area contributed by atoms with Gasteiger partial charge in [0, 0.05) is 12.1 Å². The molecular weight excluding hydrogens is 266 g/mol. The van der Waals surface area contributed by atoms with Crippen molar-refractivity contribution in [2.75, 3.05) is 27.0 Å². The molecule has 0 aliphatic carbocycles. The van der Waals surface area contributed by atoms with E-state index in [9.17, 15) is 0 Å². The Bertz CT molecular complexity index is 640. The van der Waals surface area contributed by atoms with Gasteiger partial charge >= 0.3 is 0 Å². The van der Waals surface area contributed by atoms with E-state index in [1.54, 1.807) is 0 Å². The fourth-order valence-electron chi connectivity index (χ4n) is 2.32. The van der Waals surface area contributed by atoms with Crippen molar-refractivity contribution >= 4 is 0 Å². The molecule has 0 fully saturated rings. The second kappa shape index (κ2) is 6.06. The fraction of sp³-hybridized carbons (Fsp3) is 0.294. The number of benzene rings is 2. The van der Waals surface area contributed by atoms with Crippen LogP contribution in [0.2, 0.25) is 0 Å². The van der Waals surface area contributed by atoms with E-state index in [4.69, 9.17) is 14.2 Å². The number of ether oxygens (including phenoxy) is 3. The lowest BCUT2D eigenvalue weighted by Crippen LogP contribution is -2.16. The first kappa shape index (κ1) is 13.8. The summed E-state index contributed by atoms with van der Waals surface area (Å²) in [6, 6.07) is 12.2. The van der Waals surface area contributed by atoms with E-state index >= 15 is 0 Å². The molecule has 2 aromatic carbocycles. The van der Waals surface area contributed by atoms with Gasteiger partial charge in [-0.25, -0.2) is 0 Å². The first-order valence-corrected chi connectivity index (χ1v) is 7.06. The van der Waals surface area contributed by atoms with Gasteiger partial charge in [-0.15, -0.1) is 0 Å². The van der Waals surface area contributed by atoms with Gasteiger partial charge in [-0.05, 0) is 43.8 Å². The molecule has 0 saturated heterocycles. The molecule has 0 atom stereocenters. The van der Waals surface area contributed by atoms with E-state index in [1.807, 2.05) is 31.3 Å². The normalized spacial score (nSPS) is 12.5. The molecule has 3 rings (SSSR count). The molecule has 2 aromatic rings. The maximum Gasteiger partial charge on any atom is 0.231 e. The number of nitrogens with one attached hydrogen (secondary N) is 1. The molecule has 0 unspecified atom stereocenters. The summed E-state index contributed by atoms with van der Waals surface area (Å²) in [4.78, 5) is 0. The van der Waals surface area contributed by atoms with E-state index in [2.05, 4.69) is 24.4 Å². The van der Waals surface area contributed by atoms with Gasteiger partial charge in [-0.3, -0.25) is 0 Å². The molecule has 4 nitrogen and oxygen atoms in total. The number of hydrogen-bond acceptors (Lipinski definition) is 4. The molecule has 21 heavy (non-hydrogen) atoms. The zero-order valence-corrected chi connectivity index (χ0v) is 12.3. The van der Waals surface area contributed by atoms with Gasteiger partial charge < -0.3 is 19.5 Å². The number of fused-ring (bicyclic) bond motifs is 1. The maximum atomic E-state index is 5.87. The number of hydrogen-bond donors (Lipinski definition) is 1. The van der Waals surface area contributed by atoms with Crippen LogP contribution >= 0.6 is 0 Å². The van der Waals surface area contributed by atoms with Crippen LogP contribution in [-0.2, 0) is 0 Å². The van der Waals surface area contributed by atoms with Gasteiger partial charge in [0.2, 0.25) is 6.79 Å². The van der Waals surface area contributed by atoms with Crippen molar-refractivity contribution in [1.82, 2.24) is 5.32 Å². The third kappa shape index (κ3) is 2.95. The molecule has 1 N–H and O–H groups in total. The van der Waals surface area contributed by atoms with E-state index in [1.165, 1.54) is 5.56 Å². The molecular formula is C17H19NO3. The predicted octanol–water partition coefficient (Wildman–Crippen LogP) is 2.99. The molecule has 0 spiro atoms. The van der Waals surface area contributed by atoms with E-state index < -0.39 is 0 Å². The van der Waals surface area contributed by atoms with Crippen LogP contribution in [0.4, 0.5) is 0 Å². The second-order valence-corrected chi connectivity index (χ2v) is 5.02. The van der Waals surface area contributed by atoms with E-state index in [0.717, 1.165) is 34.9 Å². The van der Waals surface area contributed by atoms with Gasteiger partial charge in [0.15, 0.2) is 11.5 Å². The zero-order valence-electron chi connectivity index (χ0n) is 12.3. The highest BCUT2D eigenvalue weighted by Crippen LogP contribution is 2.39. The summed E-state index contributed by atoms with van der Waals surface area (Å²) in [5, 5.41) is 3.08. The Balaban J connectivity index is 1.94. The number of likely N-dealkylation sites (N-methyl/N-ethyl adjacent to an activating group) is 1. The monoisotopic (exact) mass is 285 g/mol. The Morgan fingerprint density at radius 1 is 1.10 bits per heavy atom. The van der Waals surface area contributed by atoms with Crippen LogP contribution in [-0.4, -0.2) is 27.0 Å². The van der Waals surface area contributed by atoms with Crippen LogP contribution in [0.1, 0.15) is 5.56 Å². The largest absolute Gasteiger partial charge is 0.492 e. The van der Waals surface area contributed by atoms with Gasteiger partial charge in [-0.1, -0.05) is 17.7 Å². The predicted molar refractivity (Wildman–Crippen MR) is 82.2 cm³/mol. The molecule has 0 amide bonds. The Kier molecular flexibility index (Phi) is 3.97. The third-order valence-corrected chi connectivity index (χ3v) is 3.43. The topological polar surface area (TPSA) is 39.7 Å². The summed E-state index contributed by atoms with van der Waals surface area (Å²) in [5.41, 5.74) is 3.34. The molecule has 1 heterocycles. The lowest BCUT2D eigenvalue weighted by atomic mass is 10.0. The van der Waals surface area contributed by atoms with Crippen LogP contribution in [0, 0.1) is 6.92 Å². The SMILES string of the molecule is CNCCOc1ccc(C)cc1-c1ccc2c(c1)OCO2. The smallest absolute Gasteiger partial charge is 0.231 e. The third-order valence-electron chi connectivity index (χ3n) is 3.43. The average Bonchev–Trinajstić information content (AvgIpc) is 2.96. The van der Waals surface area contributed by atoms with Gasteiger partial charge in [0.1, 0.15) is 12.4 Å². The van der Waals surface area contributed by atoms with Crippen molar-refractivity contribution in [3.63, 3.8) is 0 Å². The van der Waals surface area contributed by atoms with Crippen LogP contribution in [0.15, 0.2) is 36.4 Å². The summed E-state index contributed by atoms with van der Waals surface area (Å²) < 4.78 is 16.7. The van der Waals surface area contributed by atoms with E-state index in [0.29, 0.717) is 6.61 Å². The average molecular weight is 285 g/mol. The lowest BCUT2D eigenvalue weighted by Gasteiger charge is -2.13. The van der Waals surface area contributed by atoms with Crippen molar-refractivity contribution in [3.05, 3.63) is 42.0 Å². The van der Waals surface area contributed by atoms with Crippen molar-refractivity contribution in [1.29, 1.82) is 0 Å². The van der Waals surface area contributed by atoms with Crippen molar-refractivity contribution in [2.45, 2.75) is 6.92 Å². The molecule has 110 valence electrons. The van der Waals surface area contributed by atoms with Crippen LogP contribution in [0.3, 0.4) is 0 Å². The standard InChI is InChI=1S/C17H19NO3/c1-12-3-5-15(19-8-7-18-2)14(9-12)13-4-6-16-17(10-13)21-11-20-16/h3-6,9-10,18H,7-8,11H2,1-2H3. The van der Waals surface area contributed by atoms with Crippen molar-refractivity contribution < 1.29 is 14.2 Å². The minimum atomic E-state index is 0.290. The zero-order chi connectivity index (χ0) is 14.7. The Morgan fingerprint density at radius 2 is 1.95 bits per heavy atom. The van der Waals surface area contributed by atoms with Gasteiger partial charge in [0.05, 0.1) is 0 Å². The quantitative estimate of drug-likeness (QED) is 0.857. The van der Waals surface area contributed by atoms with E-state index in [-0.39, 0.29) is 6.79 Å². The van der Waals surface area contributed by atoms with Crippen LogP contribution < -0.4 is 19.5 Å². The molecule has 0 bridgehead atoms. The molecule has 1 aliphatic rings. The Labute approximate surface area is 124 Å². The highest BCUT2D eigenvalue weighted by molar-refractivity contribution is 5.73. The first-order valence-electron chi connectivity index (χ1n) is 7.06. The molecule has 0 aromatic heterocycles. The minimum Gasteiger partial charge on any atom is -0.492 e. The maximum absolute atomic E-state index is 5.87. The molecule has 4 heteroatoms. The summed E-state index contributed by atoms with van der Waals surface area (Å²) in [6.45, 7) is 3.82. The molecule has 0 radical (unpaired) electrons. The van der Waals surface area contributed by atoms with Gasteiger partial charge in [0.25, 0.3) is 0 Å². The molecule has 1 aliphatic heterocycles. The second-order valence-electron chi connectivity index (χ2n) is 5.02. The van der Waals surface area contributed by atoms with Gasteiger partial charge in [-0.2, -0.15) is 0 Å². The Morgan fingerprint density at radius 3 is 2.81 bits per heavy atom. The molecule has 0 saturated carbocycles. The summed E-state index contributed by atoms with van der Waals surface area (Å²) in [7, 11) is 1.91. The fourth-order valence-corrected chi connectivity index (χ4v) is 2.32. The van der Waals surface area contributed by atoms with Crippen LogP contribution in [0.25, 0.3) is 11.1 Å². The van der Waals surface area contributed by atoms with Crippen LogP contribution in [0.5, 0.6) is 17.2 Å².